The molecule has 2 atom stereocenters. The van der Waals surface area contributed by atoms with Gasteiger partial charge in [-0.3, -0.25) is 4.79 Å². The van der Waals surface area contributed by atoms with Gasteiger partial charge in [-0.1, -0.05) is 136 Å². The van der Waals surface area contributed by atoms with Gasteiger partial charge in [-0.05, 0) is 50.1 Å². The van der Waals surface area contributed by atoms with Gasteiger partial charge < -0.3 is 25.6 Å². The Morgan fingerprint density at radius 1 is 0.688 bits per heavy atom. The Morgan fingerprint density at radius 3 is 1.52 bits per heavy atom. The lowest BCUT2D eigenvalue weighted by molar-refractivity contribution is -0.132. The number of nitrogens with one attached hydrogen (secondary N) is 1. The number of carbonyl (C=O) groups excluding carboxylic acids is 2. The summed E-state index contributed by atoms with van der Waals surface area (Å²) in [6.07, 6.45) is -0.618. The standard InChI is InChI=1S/C21H26N2O3.C16H20N2.2CH4.2ClH/c1-21(2,3)26-20(25)22-18(17-13-9-6-10-14-17)19(24)23(4)15-16-11-7-5-8-12-16;1-18(12-14-8-4-2-5-9-14)13-16(17)15-10-6-3-7-11-15;;;;/h5-14,18H,15H2,1-4H3,(H,22,25);2-11,16H,12-13,17H2,1H3;2*1H4;2*1H/t18-;16-;;;;/m01..../s1. The smallest absolute Gasteiger partial charge is 0.408 e. The number of halogens is 2. The third-order valence-corrected chi connectivity index (χ3v) is 6.71. The van der Waals surface area contributed by atoms with Gasteiger partial charge in [-0.15, -0.1) is 24.8 Å². The van der Waals surface area contributed by atoms with E-state index in [0.717, 1.165) is 18.7 Å². The van der Waals surface area contributed by atoms with E-state index in [9.17, 15) is 9.59 Å². The zero-order valence-electron chi connectivity index (χ0n) is 27.3. The van der Waals surface area contributed by atoms with Crippen LogP contribution in [0.15, 0.2) is 121 Å². The SMILES string of the molecule is C.C.CN(Cc1ccccc1)C(=O)[C@@H](NC(=O)OC(C)(C)C)c1ccccc1.CN(Cc1ccccc1)C[C@@H](N)c1ccccc1.Cl.Cl. The molecular weight excluding hydrogens is 643 g/mol. The number of ether oxygens (including phenoxy) is 1. The lowest BCUT2D eigenvalue weighted by Gasteiger charge is -2.27. The van der Waals surface area contributed by atoms with Crippen LogP contribution < -0.4 is 11.1 Å². The molecule has 0 saturated carbocycles. The molecular formula is C39H56Cl2N4O3. The van der Waals surface area contributed by atoms with Crippen molar-refractivity contribution in [2.75, 3.05) is 20.6 Å². The van der Waals surface area contributed by atoms with E-state index in [-0.39, 0.29) is 51.6 Å². The largest absolute Gasteiger partial charge is 0.444 e. The summed E-state index contributed by atoms with van der Waals surface area (Å²) >= 11 is 0. The van der Waals surface area contributed by atoms with Crippen molar-refractivity contribution in [3.63, 3.8) is 0 Å². The summed E-state index contributed by atoms with van der Waals surface area (Å²) < 4.78 is 5.32. The van der Waals surface area contributed by atoms with Crippen LogP contribution in [0.5, 0.6) is 0 Å². The predicted molar refractivity (Wildman–Crippen MR) is 206 cm³/mol. The lowest BCUT2D eigenvalue weighted by atomic mass is 10.1. The minimum absolute atomic E-state index is 0. The maximum absolute atomic E-state index is 13.0. The van der Waals surface area contributed by atoms with Crippen molar-refractivity contribution < 1.29 is 14.3 Å². The highest BCUT2D eigenvalue weighted by atomic mass is 35.5. The monoisotopic (exact) mass is 698 g/mol. The summed E-state index contributed by atoms with van der Waals surface area (Å²) in [5.41, 5.74) is 9.82. The van der Waals surface area contributed by atoms with Crippen molar-refractivity contribution in [3.05, 3.63) is 144 Å². The molecule has 9 heteroatoms. The van der Waals surface area contributed by atoms with Gasteiger partial charge in [0.05, 0.1) is 0 Å². The van der Waals surface area contributed by atoms with Gasteiger partial charge in [0.25, 0.3) is 0 Å². The molecule has 2 amide bonds. The molecule has 4 aromatic carbocycles. The fourth-order valence-electron chi connectivity index (χ4n) is 4.62. The van der Waals surface area contributed by atoms with Crippen molar-refractivity contribution in [1.82, 2.24) is 15.1 Å². The van der Waals surface area contributed by atoms with E-state index < -0.39 is 17.7 Å². The van der Waals surface area contributed by atoms with Crippen molar-refractivity contribution in [3.8, 4) is 0 Å². The second-order valence-electron chi connectivity index (χ2n) is 11.9. The second kappa shape index (κ2) is 23.4. The quantitative estimate of drug-likeness (QED) is 0.173. The van der Waals surface area contributed by atoms with E-state index in [1.807, 2.05) is 84.9 Å². The number of benzene rings is 4. The van der Waals surface area contributed by atoms with Gasteiger partial charge in [0.2, 0.25) is 5.91 Å². The maximum Gasteiger partial charge on any atom is 0.408 e. The molecule has 7 nitrogen and oxygen atoms in total. The van der Waals surface area contributed by atoms with Gasteiger partial charge in [0.15, 0.2) is 0 Å². The van der Waals surface area contributed by atoms with E-state index in [2.05, 4.69) is 53.7 Å². The summed E-state index contributed by atoms with van der Waals surface area (Å²) in [6, 6.07) is 38.9. The first-order valence-corrected chi connectivity index (χ1v) is 14.9. The van der Waals surface area contributed by atoms with Gasteiger partial charge in [-0.25, -0.2) is 4.79 Å². The van der Waals surface area contributed by atoms with Crippen molar-refractivity contribution in [2.45, 2.75) is 66.4 Å². The van der Waals surface area contributed by atoms with Crippen LogP contribution in [0.3, 0.4) is 0 Å². The number of alkyl carbamates (subject to hydrolysis) is 1. The van der Waals surface area contributed by atoms with Gasteiger partial charge in [-0.2, -0.15) is 0 Å². The predicted octanol–water partition coefficient (Wildman–Crippen LogP) is 8.85. The molecule has 4 rings (SSSR count). The van der Waals surface area contributed by atoms with Crippen LogP contribution in [0.2, 0.25) is 0 Å². The summed E-state index contributed by atoms with van der Waals surface area (Å²) in [5, 5.41) is 2.70. The molecule has 264 valence electrons. The molecule has 0 saturated heterocycles. The zero-order valence-corrected chi connectivity index (χ0v) is 29.0. The Hall–Kier alpha value is -3.88. The highest BCUT2D eigenvalue weighted by molar-refractivity contribution is 5.87. The molecule has 0 aliphatic carbocycles. The summed E-state index contributed by atoms with van der Waals surface area (Å²) in [4.78, 5) is 29.1. The highest BCUT2D eigenvalue weighted by Crippen LogP contribution is 2.18. The fourth-order valence-corrected chi connectivity index (χ4v) is 4.62. The minimum Gasteiger partial charge on any atom is -0.444 e. The van der Waals surface area contributed by atoms with Crippen LogP contribution >= 0.6 is 24.8 Å². The molecule has 48 heavy (non-hydrogen) atoms. The van der Waals surface area contributed by atoms with Crippen molar-refractivity contribution in [2.24, 2.45) is 5.73 Å². The van der Waals surface area contributed by atoms with Crippen LogP contribution in [0, 0.1) is 0 Å². The summed E-state index contributed by atoms with van der Waals surface area (Å²) in [5.74, 6) is -0.203. The molecule has 0 aliphatic heterocycles. The normalized spacial score (nSPS) is 11.3. The lowest BCUT2D eigenvalue weighted by Crippen LogP contribution is -2.43. The molecule has 0 bridgehead atoms. The van der Waals surface area contributed by atoms with Crippen molar-refractivity contribution in [1.29, 1.82) is 0 Å². The second-order valence-corrected chi connectivity index (χ2v) is 11.9. The molecule has 4 aromatic rings. The number of nitrogens with zero attached hydrogens (tertiary/aromatic N) is 2. The zero-order chi connectivity index (χ0) is 32.0. The van der Waals surface area contributed by atoms with E-state index in [4.69, 9.17) is 10.5 Å². The molecule has 0 heterocycles. The van der Waals surface area contributed by atoms with Crippen LogP contribution in [0.4, 0.5) is 4.79 Å². The number of nitrogens with two attached hydrogens (primary N) is 1. The number of hydrogen-bond donors (Lipinski definition) is 2. The van der Waals surface area contributed by atoms with Crippen LogP contribution in [0.25, 0.3) is 0 Å². The average molecular weight is 700 g/mol. The van der Waals surface area contributed by atoms with Crippen LogP contribution in [0.1, 0.15) is 70.0 Å². The molecule has 0 radical (unpaired) electrons. The molecule has 0 aromatic heterocycles. The first-order valence-electron chi connectivity index (χ1n) is 14.9. The van der Waals surface area contributed by atoms with Crippen LogP contribution in [-0.4, -0.2) is 48.0 Å². The van der Waals surface area contributed by atoms with Crippen molar-refractivity contribution >= 4 is 36.8 Å². The van der Waals surface area contributed by atoms with Gasteiger partial charge in [0, 0.05) is 32.7 Å². The minimum atomic E-state index is -0.806. The van der Waals surface area contributed by atoms with Gasteiger partial charge >= 0.3 is 6.09 Å². The topological polar surface area (TPSA) is 87.9 Å². The van der Waals surface area contributed by atoms with E-state index in [1.165, 1.54) is 11.1 Å². The first kappa shape index (κ1) is 46.2. The Balaban J connectivity index is 0. The number of carbonyl (C=O) groups is 2. The molecule has 0 spiro atoms. The number of rotatable bonds is 10. The molecule has 0 aliphatic rings. The number of amides is 2. The molecule has 0 unspecified atom stereocenters. The molecule has 0 fully saturated rings. The Kier molecular flexibility index (Phi) is 22.6. The number of hydrogen-bond acceptors (Lipinski definition) is 5. The van der Waals surface area contributed by atoms with E-state index in [1.54, 1.807) is 32.7 Å². The highest BCUT2D eigenvalue weighted by Gasteiger charge is 2.28. The Labute approximate surface area is 301 Å². The Bertz CT molecular complexity index is 1410. The summed E-state index contributed by atoms with van der Waals surface area (Å²) in [7, 11) is 3.83. The summed E-state index contributed by atoms with van der Waals surface area (Å²) in [6.45, 7) is 7.60. The van der Waals surface area contributed by atoms with E-state index >= 15 is 0 Å². The first-order chi connectivity index (χ1) is 21.0. The van der Waals surface area contributed by atoms with Gasteiger partial charge in [0.1, 0.15) is 11.6 Å². The fraction of sp³-hybridized carbons (Fsp3) is 0.333. The maximum atomic E-state index is 13.0. The third kappa shape index (κ3) is 16.8. The number of likely N-dealkylation sites (N-methyl/N-ethyl adjacent to an activating group) is 2. The third-order valence-electron chi connectivity index (χ3n) is 6.71. The Morgan fingerprint density at radius 2 is 1.08 bits per heavy atom. The van der Waals surface area contributed by atoms with Crippen LogP contribution in [-0.2, 0) is 22.6 Å². The average Bonchev–Trinajstić information content (AvgIpc) is 3.01. The molecule has 3 N–H and O–H groups in total. The van der Waals surface area contributed by atoms with E-state index in [0.29, 0.717) is 12.1 Å².